The third-order valence-electron chi connectivity index (χ3n) is 3.06. The lowest BCUT2D eigenvalue weighted by Gasteiger charge is -2.16. The minimum Gasteiger partial charge on any atom is -0.383 e. The van der Waals surface area contributed by atoms with Crippen LogP contribution < -0.4 is 5.32 Å². The van der Waals surface area contributed by atoms with Crippen molar-refractivity contribution in [3.8, 4) is 0 Å². The average Bonchev–Trinajstić information content (AvgIpc) is 2.35. The molecule has 0 fully saturated rings. The summed E-state index contributed by atoms with van der Waals surface area (Å²) >= 11 is 6.28. The van der Waals surface area contributed by atoms with Gasteiger partial charge < -0.3 is 5.32 Å². The topological polar surface area (TPSA) is 24.9 Å². The number of fused-ring (bicyclic) bond motifs is 1. The van der Waals surface area contributed by atoms with Crippen LogP contribution in [0.2, 0.25) is 0 Å². The Morgan fingerprint density at radius 3 is 2.72 bits per heavy atom. The van der Waals surface area contributed by atoms with Crippen molar-refractivity contribution >= 4 is 28.2 Å². The molecule has 1 aromatic heterocycles. The van der Waals surface area contributed by atoms with Crippen molar-refractivity contribution in [3.05, 3.63) is 36.0 Å². The summed E-state index contributed by atoms with van der Waals surface area (Å²) in [6.07, 6.45) is 0. The van der Waals surface area contributed by atoms with Crippen LogP contribution in [0.15, 0.2) is 30.3 Å². The first-order valence-electron chi connectivity index (χ1n) is 6.32. The summed E-state index contributed by atoms with van der Waals surface area (Å²) < 4.78 is 0. The van der Waals surface area contributed by atoms with E-state index in [1.807, 2.05) is 25.1 Å². The summed E-state index contributed by atoms with van der Waals surface area (Å²) in [5.74, 6) is 0.466. The maximum atomic E-state index is 6.28. The fourth-order valence-electron chi connectivity index (χ4n) is 1.90. The highest BCUT2D eigenvalue weighted by Crippen LogP contribution is 2.23. The standard InChI is InChI=1S/C15H19ClN2/c1-10(2)13(16)9-17-15-8-11(3)18-14-7-5-4-6-12(14)15/h4-8,10,13H,9H2,1-3H3,(H,17,18). The molecule has 1 unspecified atom stereocenters. The second-order valence-electron chi connectivity index (χ2n) is 4.97. The summed E-state index contributed by atoms with van der Waals surface area (Å²) in [7, 11) is 0. The Balaban J connectivity index is 2.27. The fourth-order valence-corrected chi connectivity index (χ4v) is 1.97. The highest BCUT2D eigenvalue weighted by Gasteiger charge is 2.10. The van der Waals surface area contributed by atoms with Gasteiger partial charge in [-0.25, -0.2) is 0 Å². The number of para-hydroxylation sites is 1. The van der Waals surface area contributed by atoms with Gasteiger partial charge >= 0.3 is 0 Å². The van der Waals surface area contributed by atoms with Crippen LogP contribution in [0, 0.1) is 12.8 Å². The van der Waals surface area contributed by atoms with Gasteiger partial charge in [0.15, 0.2) is 0 Å². The van der Waals surface area contributed by atoms with Gasteiger partial charge in [-0.3, -0.25) is 4.98 Å². The minimum atomic E-state index is 0.136. The summed E-state index contributed by atoms with van der Waals surface area (Å²) in [6.45, 7) is 7.05. The van der Waals surface area contributed by atoms with E-state index < -0.39 is 0 Å². The summed E-state index contributed by atoms with van der Waals surface area (Å²) in [5, 5.41) is 4.72. The number of rotatable bonds is 4. The predicted molar refractivity (Wildman–Crippen MR) is 79.4 cm³/mol. The maximum Gasteiger partial charge on any atom is 0.0725 e. The summed E-state index contributed by atoms with van der Waals surface area (Å²) in [6, 6.07) is 10.2. The van der Waals surface area contributed by atoms with E-state index in [1.165, 1.54) is 0 Å². The molecule has 0 saturated carbocycles. The molecule has 3 heteroatoms. The zero-order valence-electron chi connectivity index (χ0n) is 11.1. The molecule has 0 aliphatic heterocycles. The van der Waals surface area contributed by atoms with Crippen LogP contribution in [0.4, 0.5) is 5.69 Å². The van der Waals surface area contributed by atoms with Gasteiger partial charge in [0, 0.05) is 23.3 Å². The molecule has 1 heterocycles. The SMILES string of the molecule is Cc1cc(NCC(Cl)C(C)C)c2ccccc2n1. The molecule has 2 nitrogen and oxygen atoms in total. The van der Waals surface area contributed by atoms with Crippen molar-refractivity contribution in [2.45, 2.75) is 26.1 Å². The molecule has 0 aliphatic carbocycles. The smallest absolute Gasteiger partial charge is 0.0725 e. The number of nitrogens with zero attached hydrogens (tertiary/aromatic N) is 1. The van der Waals surface area contributed by atoms with Crippen LogP contribution in [0.1, 0.15) is 19.5 Å². The number of anilines is 1. The quantitative estimate of drug-likeness (QED) is 0.835. The maximum absolute atomic E-state index is 6.28. The van der Waals surface area contributed by atoms with Gasteiger partial charge in [-0.15, -0.1) is 11.6 Å². The van der Waals surface area contributed by atoms with Crippen molar-refractivity contribution in [1.82, 2.24) is 4.98 Å². The lowest BCUT2D eigenvalue weighted by Crippen LogP contribution is -2.19. The van der Waals surface area contributed by atoms with E-state index in [2.05, 4.69) is 36.3 Å². The van der Waals surface area contributed by atoms with Crippen LogP contribution in [0.5, 0.6) is 0 Å². The van der Waals surface area contributed by atoms with Gasteiger partial charge in [0.05, 0.1) is 10.9 Å². The number of alkyl halides is 1. The summed E-state index contributed by atoms with van der Waals surface area (Å²) in [5.41, 5.74) is 3.16. The first-order chi connectivity index (χ1) is 8.58. The molecule has 1 N–H and O–H groups in total. The molecule has 0 saturated heterocycles. The molecule has 0 bridgehead atoms. The van der Waals surface area contributed by atoms with Crippen molar-refractivity contribution < 1.29 is 0 Å². The Kier molecular flexibility index (Phi) is 4.07. The van der Waals surface area contributed by atoms with E-state index in [9.17, 15) is 0 Å². The molecule has 1 aromatic carbocycles. The largest absolute Gasteiger partial charge is 0.383 e. The third kappa shape index (κ3) is 2.94. The number of pyridine rings is 1. The predicted octanol–water partition coefficient (Wildman–Crippen LogP) is 4.22. The molecule has 0 amide bonds. The van der Waals surface area contributed by atoms with Gasteiger partial charge in [-0.05, 0) is 25.0 Å². The van der Waals surface area contributed by atoms with Gasteiger partial charge in [0.25, 0.3) is 0 Å². The molecule has 1 atom stereocenters. The van der Waals surface area contributed by atoms with E-state index in [4.69, 9.17) is 11.6 Å². The number of hydrogen-bond acceptors (Lipinski definition) is 2. The molecule has 0 spiro atoms. The normalized spacial score (nSPS) is 12.9. The zero-order valence-corrected chi connectivity index (χ0v) is 11.8. The number of nitrogens with one attached hydrogen (secondary N) is 1. The fraction of sp³-hybridized carbons (Fsp3) is 0.400. The van der Waals surface area contributed by atoms with Crippen molar-refractivity contribution in [1.29, 1.82) is 0 Å². The Morgan fingerprint density at radius 2 is 2.00 bits per heavy atom. The number of benzene rings is 1. The summed E-state index contributed by atoms with van der Waals surface area (Å²) in [4.78, 5) is 4.53. The minimum absolute atomic E-state index is 0.136. The monoisotopic (exact) mass is 262 g/mol. The van der Waals surface area contributed by atoms with E-state index in [1.54, 1.807) is 0 Å². The van der Waals surface area contributed by atoms with Crippen LogP contribution in [0.3, 0.4) is 0 Å². The van der Waals surface area contributed by atoms with Crippen LogP contribution >= 0.6 is 11.6 Å². The lowest BCUT2D eigenvalue weighted by atomic mass is 10.1. The van der Waals surface area contributed by atoms with Crippen molar-refractivity contribution in [2.24, 2.45) is 5.92 Å². The Labute approximate surface area is 113 Å². The Morgan fingerprint density at radius 1 is 1.28 bits per heavy atom. The zero-order chi connectivity index (χ0) is 13.1. The molecule has 96 valence electrons. The molecular formula is C15H19ClN2. The number of halogens is 1. The Bertz CT molecular complexity index is 537. The van der Waals surface area contributed by atoms with E-state index in [0.717, 1.165) is 28.8 Å². The first-order valence-corrected chi connectivity index (χ1v) is 6.76. The van der Waals surface area contributed by atoms with E-state index >= 15 is 0 Å². The molecule has 18 heavy (non-hydrogen) atoms. The number of aromatic nitrogens is 1. The lowest BCUT2D eigenvalue weighted by molar-refractivity contribution is 0.616. The first kappa shape index (κ1) is 13.2. The molecule has 0 radical (unpaired) electrons. The molecule has 2 rings (SSSR count). The van der Waals surface area contributed by atoms with Gasteiger partial charge in [-0.1, -0.05) is 32.0 Å². The Hall–Kier alpha value is -1.28. The van der Waals surface area contributed by atoms with E-state index in [-0.39, 0.29) is 5.38 Å². The highest BCUT2D eigenvalue weighted by molar-refractivity contribution is 6.21. The highest BCUT2D eigenvalue weighted by atomic mass is 35.5. The van der Waals surface area contributed by atoms with Gasteiger partial charge in [-0.2, -0.15) is 0 Å². The number of hydrogen-bond donors (Lipinski definition) is 1. The van der Waals surface area contributed by atoms with Crippen molar-refractivity contribution in [2.75, 3.05) is 11.9 Å². The van der Waals surface area contributed by atoms with Crippen molar-refractivity contribution in [3.63, 3.8) is 0 Å². The van der Waals surface area contributed by atoms with Crippen LogP contribution in [0.25, 0.3) is 10.9 Å². The second-order valence-corrected chi connectivity index (χ2v) is 5.53. The van der Waals surface area contributed by atoms with Gasteiger partial charge in [0.2, 0.25) is 0 Å². The molecular weight excluding hydrogens is 244 g/mol. The number of aryl methyl sites for hydroxylation is 1. The van der Waals surface area contributed by atoms with Crippen LogP contribution in [-0.4, -0.2) is 16.9 Å². The average molecular weight is 263 g/mol. The second kappa shape index (κ2) is 5.57. The molecule has 2 aromatic rings. The third-order valence-corrected chi connectivity index (χ3v) is 3.71. The van der Waals surface area contributed by atoms with Crippen LogP contribution in [-0.2, 0) is 0 Å². The molecule has 0 aliphatic rings. The van der Waals surface area contributed by atoms with Gasteiger partial charge in [0.1, 0.15) is 0 Å². The van der Waals surface area contributed by atoms with E-state index in [0.29, 0.717) is 5.92 Å².